The number of amides is 1. The number of thiazole rings is 1. The largest absolute Gasteiger partial charge is 0.382 e. The summed E-state index contributed by atoms with van der Waals surface area (Å²) in [4.78, 5) is 20.4. The summed E-state index contributed by atoms with van der Waals surface area (Å²) in [6.07, 6.45) is 4.10. The summed E-state index contributed by atoms with van der Waals surface area (Å²) >= 11 is 1.48. The summed E-state index contributed by atoms with van der Waals surface area (Å²) in [5, 5.41) is 6.12. The number of hydrogen-bond donors (Lipinski definition) is 2. The van der Waals surface area contributed by atoms with Crippen LogP contribution in [0.4, 0.5) is 14.5 Å². The monoisotopic (exact) mass is 495 g/mol. The van der Waals surface area contributed by atoms with Crippen molar-refractivity contribution in [3.8, 4) is 11.3 Å². The minimum absolute atomic E-state index is 0.103. The van der Waals surface area contributed by atoms with Crippen LogP contribution in [-0.2, 0) is 6.42 Å². The number of piperidine rings is 1. The molecular formula is C26H27F2N5OS. The Morgan fingerprint density at radius 2 is 2.09 bits per heavy atom. The number of rotatable bonds is 6. The SMILES string of the molecule is O=C(NCCCN1CCC(F)CC1)c1ccc2c(c1)sc1nc(-c3ccc4c(c3F)NCC4)cn12. The number of hydrogen-bond acceptors (Lipinski definition) is 5. The van der Waals surface area contributed by atoms with Crippen molar-refractivity contribution in [2.45, 2.75) is 31.9 Å². The van der Waals surface area contributed by atoms with E-state index in [1.54, 1.807) is 6.07 Å². The number of aromatic nitrogens is 2. The molecule has 6 rings (SSSR count). The van der Waals surface area contributed by atoms with E-state index in [2.05, 4.69) is 20.5 Å². The first-order chi connectivity index (χ1) is 17.1. The molecule has 0 spiro atoms. The molecule has 4 aromatic rings. The van der Waals surface area contributed by atoms with Gasteiger partial charge in [-0.2, -0.15) is 0 Å². The molecule has 1 amide bonds. The maximum absolute atomic E-state index is 15.0. The van der Waals surface area contributed by atoms with Crippen LogP contribution in [0.1, 0.15) is 35.2 Å². The van der Waals surface area contributed by atoms with E-state index in [1.807, 2.05) is 34.9 Å². The molecule has 0 radical (unpaired) electrons. The van der Waals surface area contributed by atoms with Crippen molar-refractivity contribution in [1.29, 1.82) is 0 Å². The molecule has 0 atom stereocenters. The molecule has 2 aliphatic heterocycles. The van der Waals surface area contributed by atoms with Crippen LogP contribution in [0.15, 0.2) is 36.5 Å². The molecule has 1 saturated heterocycles. The standard InChI is InChI=1S/C26H27F2N5OS/c27-18-7-12-32(13-8-18)11-1-9-30-25(34)17-3-5-21-22(14-17)35-26-31-20(15-33(21)26)19-4-2-16-6-10-29-24(16)23(19)28/h2-5,14-15,18,29H,1,6-13H2,(H,30,34). The van der Waals surface area contributed by atoms with Gasteiger partial charge >= 0.3 is 0 Å². The van der Waals surface area contributed by atoms with Crippen molar-refractivity contribution in [2.24, 2.45) is 0 Å². The van der Waals surface area contributed by atoms with E-state index in [9.17, 15) is 9.18 Å². The number of halogens is 2. The molecule has 1 fully saturated rings. The first-order valence-electron chi connectivity index (χ1n) is 12.2. The maximum atomic E-state index is 15.0. The molecule has 6 nitrogen and oxygen atoms in total. The minimum Gasteiger partial charge on any atom is -0.382 e. The molecular weight excluding hydrogens is 468 g/mol. The second-order valence-corrected chi connectivity index (χ2v) is 10.3. The van der Waals surface area contributed by atoms with E-state index in [-0.39, 0.29) is 11.7 Å². The lowest BCUT2D eigenvalue weighted by Gasteiger charge is -2.28. The Morgan fingerprint density at radius 3 is 2.94 bits per heavy atom. The molecule has 2 aromatic heterocycles. The van der Waals surface area contributed by atoms with E-state index in [1.165, 1.54) is 11.3 Å². The number of carbonyl (C=O) groups excluding carboxylic acids is 1. The van der Waals surface area contributed by atoms with Crippen molar-refractivity contribution in [1.82, 2.24) is 19.6 Å². The lowest BCUT2D eigenvalue weighted by atomic mass is 10.1. The molecule has 2 aromatic carbocycles. The number of benzene rings is 2. The summed E-state index contributed by atoms with van der Waals surface area (Å²) in [6.45, 7) is 3.81. The molecule has 0 unspecified atom stereocenters. The number of carbonyl (C=O) groups is 1. The lowest BCUT2D eigenvalue weighted by molar-refractivity contribution is 0.0950. The third-order valence-corrected chi connectivity index (χ3v) is 8.03. The molecule has 0 saturated carbocycles. The van der Waals surface area contributed by atoms with Crippen LogP contribution in [0.25, 0.3) is 26.4 Å². The van der Waals surface area contributed by atoms with Crippen molar-refractivity contribution < 1.29 is 13.6 Å². The van der Waals surface area contributed by atoms with Gasteiger partial charge in [0, 0.05) is 43.5 Å². The van der Waals surface area contributed by atoms with E-state index in [0.29, 0.717) is 41.9 Å². The average Bonchev–Trinajstić information content (AvgIpc) is 3.57. The number of nitrogens with one attached hydrogen (secondary N) is 2. The number of imidazole rings is 1. The normalized spacial score (nSPS) is 16.6. The second kappa shape index (κ2) is 9.20. The Kier molecular flexibility index (Phi) is 5.89. The Balaban J connectivity index is 1.14. The van der Waals surface area contributed by atoms with Crippen LogP contribution in [0, 0.1) is 5.82 Å². The summed E-state index contributed by atoms with van der Waals surface area (Å²) in [6, 6.07) is 9.39. The zero-order valence-corrected chi connectivity index (χ0v) is 20.1. The number of nitrogens with zero attached hydrogens (tertiary/aromatic N) is 3. The zero-order chi connectivity index (χ0) is 23.9. The van der Waals surface area contributed by atoms with Gasteiger partial charge < -0.3 is 15.5 Å². The Hall–Kier alpha value is -3.04. The Bertz CT molecular complexity index is 1410. The van der Waals surface area contributed by atoms with E-state index < -0.39 is 6.17 Å². The first-order valence-corrected chi connectivity index (χ1v) is 13.0. The van der Waals surface area contributed by atoms with Crippen LogP contribution in [0.3, 0.4) is 0 Å². The highest BCUT2D eigenvalue weighted by atomic mass is 32.1. The van der Waals surface area contributed by atoms with E-state index in [4.69, 9.17) is 0 Å². The maximum Gasteiger partial charge on any atom is 0.251 e. The van der Waals surface area contributed by atoms with Gasteiger partial charge in [-0.15, -0.1) is 0 Å². The third-order valence-electron chi connectivity index (χ3n) is 7.01. The predicted octanol–water partition coefficient (Wildman–Crippen LogP) is 4.88. The van der Waals surface area contributed by atoms with Gasteiger partial charge in [0.2, 0.25) is 0 Å². The summed E-state index contributed by atoms with van der Waals surface area (Å²) in [7, 11) is 0. The topological polar surface area (TPSA) is 61.7 Å². The Morgan fingerprint density at radius 1 is 1.23 bits per heavy atom. The molecule has 0 aliphatic carbocycles. The molecule has 2 N–H and O–H groups in total. The quantitative estimate of drug-likeness (QED) is 0.375. The third kappa shape index (κ3) is 4.27. The van der Waals surface area contributed by atoms with Gasteiger partial charge in [-0.1, -0.05) is 17.4 Å². The fourth-order valence-electron chi connectivity index (χ4n) is 5.04. The van der Waals surface area contributed by atoms with Crippen LogP contribution < -0.4 is 10.6 Å². The average molecular weight is 496 g/mol. The molecule has 0 bridgehead atoms. The van der Waals surface area contributed by atoms with Gasteiger partial charge in [0.1, 0.15) is 6.17 Å². The molecule has 9 heteroatoms. The fourth-order valence-corrected chi connectivity index (χ4v) is 6.09. The minimum atomic E-state index is -0.662. The predicted molar refractivity (Wildman–Crippen MR) is 136 cm³/mol. The van der Waals surface area contributed by atoms with Gasteiger partial charge in [-0.25, -0.2) is 13.8 Å². The summed E-state index contributed by atoms with van der Waals surface area (Å²) < 4.78 is 31.2. The van der Waals surface area contributed by atoms with Gasteiger partial charge in [0.25, 0.3) is 5.91 Å². The molecule has 4 heterocycles. The highest BCUT2D eigenvalue weighted by Gasteiger charge is 2.21. The summed E-state index contributed by atoms with van der Waals surface area (Å²) in [5.41, 5.74) is 4.23. The van der Waals surface area contributed by atoms with Gasteiger partial charge in [-0.05, 0) is 62.1 Å². The van der Waals surface area contributed by atoms with Crippen LogP contribution in [0.2, 0.25) is 0 Å². The molecule has 35 heavy (non-hydrogen) atoms. The van der Waals surface area contributed by atoms with Crippen molar-refractivity contribution >= 4 is 38.1 Å². The summed E-state index contributed by atoms with van der Waals surface area (Å²) in [5.74, 6) is -0.352. The highest BCUT2D eigenvalue weighted by Crippen LogP contribution is 2.35. The smallest absolute Gasteiger partial charge is 0.251 e. The van der Waals surface area contributed by atoms with Crippen molar-refractivity contribution in [3.05, 3.63) is 53.5 Å². The Labute approximate surface area is 206 Å². The zero-order valence-electron chi connectivity index (χ0n) is 19.3. The van der Waals surface area contributed by atoms with Crippen LogP contribution >= 0.6 is 11.3 Å². The van der Waals surface area contributed by atoms with Gasteiger partial charge in [-0.3, -0.25) is 9.20 Å². The number of fused-ring (bicyclic) bond motifs is 4. The number of alkyl halides is 1. The van der Waals surface area contributed by atoms with E-state index in [0.717, 1.165) is 59.8 Å². The van der Waals surface area contributed by atoms with Gasteiger partial charge in [0.05, 0.1) is 21.6 Å². The van der Waals surface area contributed by atoms with Gasteiger partial charge in [0.15, 0.2) is 10.8 Å². The fraction of sp³-hybridized carbons (Fsp3) is 0.385. The van der Waals surface area contributed by atoms with Crippen molar-refractivity contribution in [3.63, 3.8) is 0 Å². The molecule has 182 valence electrons. The highest BCUT2D eigenvalue weighted by molar-refractivity contribution is 7.23. The number of anilines is 1. The molecule has 2 aliphatic rings. The van der Waals surface area contributed by atoms with Crippen LogP contribution in [-0.4, -0.2) is 59.1 Å². The van der Waals surface area contributed by atoms with Crippen LogP contribution in [0.5, 0.6) is 0 Å². The van der Waals surface area contributed by atoms with Crippen molar-refractivity contribution in [2.75, 3.05) is 38.0 Å². The number of likely N-dealkylation sites (tertiary alicyclic amines) is 1. The second-order valence-electron chi connectivity index (χ2n) is 9.33. The van der Waals surface area contributed by atoms with E-state index >= 15 is 4.39 Å². The lowest BCUT2D eigenvalue weighted by Crippen LogP contribution is -2.36. The first kappa shape index (κ1) is 22.4.